The highest BCUT2D eigenvalue weighted by Crippen LogP contribution is 2.28. The number of nitrogens with one attached hydrogen (secondary N) is 1. The van der Waals surface area contributed by atoms with E-state index in [1.807, 2.05) is 6.92 Å². The minimum absolute atomic E-state index is 0.0332. The van der Waals surface area contributed by atoms with E-state index in [4.69, 9.17) is 4.74 Å². The molecule has 0 atom stereocenters. The van der Waals surface area contributed by atoms with Gasteiger partial charge in [0.1, 0.15) is 10.6 Å². The van der Waals surface area contributed by atoms with Gasteiger partial charge >= 0.3 is 5.97 Å². The second-order valence-corrected chi connectivity index (χ2v) is 6.45. The van der Waals surface area contributed by atoms with E-state index in [1.54, 1.807) is 24.3 Å². The first kappa shape index (κ1) is 16.8. The number of sulfonamides is 1. The number of benzene rings is 2. The minimum atomic E-state index is -3.98. The van der Waals surface area contributed by atoms with Crippen LogP contribution in [-0.4, -0.2) is 28.6 Å². The largest absolute Gasteiger partial charge is 0.495 e. The summed E-state index contributed by atoms with van der Waals surface area (Å²) in [4.78, 5) is 11.6. The molecule has 0 fully saturated rings. The van der Waals surface area contributed by atoms with Crippen molar-refractivity contribution in [1.29, 1.82) is 0 Å². The molecule has 0 amide bonds. The van der Waals surface area contributed by atoms with Crippen molar-refractivity contribution in [1.82, 2.24) is 0 Å². The Balaban J connectivity index is 2.49. The van der Waals surface area contributed by atoms with Gasteiger partial charge in [-0.25, -0.2) is 13.2 Å². The molecule has 2 aromatic rings. The van der Waals surface area contributed by atoms with Gasteiger partial charge in [0.15, 0.2) is 0 Å². The first-order valence-corrected chi connectivity index (χ1v) is 8.22. The SMILES string of the molecule is COC(=O)c1ccccc1S(=O)(=O)Nc1cc(C)ccc1OC. The normalized spacial score (nSPS) is 10.9. The molecule has 0 heterocycles. The lowest BCUT2D eigenvalue weighted by Gasteiger charge is -2.14. The van der Waals surface area contributed by atoms with E-state index in [9.17, 15) is 13.2 Å². The first-order valence-electron chi connectivity index (χ1n) is 6.74. The van der Waals surface area contributed by atoms with Crippen molar-refractivity contribution in [2.24, 2.45) is 0 Å². The Morgan fingerprint density at radius 1 is 1.09 bits per heavy atom. The maximum absolute atomic E-state index is 12.6. The lowest BCUT2D eigenvalue weighted by atomic mass is 10.2. The van der Waals surface area contributed by atoms with Crippen molar-refractivity contribution in [3.8, 4) is 5.75 Å². The van der Waals surface area contributed by atoms with Crippen LogP contribution in [0.3, 0.4) is 0 Å². The molecular weight excluding hydrogens is 318 g/mol. The van der Waals surface area contributed by atoms with E-state index in [0.717, 1.165) is 5.56 Å². The Morgan fingerprint density at radius 3 is 2.43 bits per heavy atom. The highest BCUT2D eigenvalue weighted by molar-refractivity contribution is 7.92. The van der Waals surface area contributed by atoms with Crippen LogP contribution in [0.4, 0.5) is 5.69 Å². The average Bonchev–Trinajstić information content (AvgIpc) is 2.54. The molecule has 0 aromatic heterocycles. The molecular formula is C16H17NO5S. The van der Waals surface area contributed by atoms with Crippen LogP contribution in [0, 0.1) is 6.92 Å². The summed E-state index contributed by atoms with van der Waals surface area (Å²) in [5.74, 6) is -0.336. The van der Waals surface area contributed by atoms with E-state index in [2.05, 4.69) is 9.46 Å². The summed E-state index contributed by atoms with van der Waals surface area (Å²) in [5.41, 5.74) is 1.13. The van der Waals surface area contributed by atoms with Crippen LogP contribution in [0.5, 0.6) is 5.75 Å². The van der Waals surface area contributed by atoms with Crippen molar-refractivity contribution in [3.05, 3.63) is 53.6 Å². The van der Waals surface area contributed by atoms with Crippen molar-refractivity contribution in [2.75, 3.05) is 18.9 Å². The van der Waals surface area contributed by atoms with Crippen LogP contribution in [0.15, 0.2) is 47.4 Å². The lowest BCUT2D eigenvalue weighted by molar-refractivity contribution is 0.0596. The Hall–Kier alpha value is -2.54. The minimum Gasteiger partial charge on any atom is -0.495 e. The molecule has 2 aromatic carbocycles. The van der Waals surface area contributed by atoms with Gasteiger partial charge in [-0.3, -0.25) is 4.72 Å². The van der Waals surface area contributed by atoms with Crippen molar-refractivity contribution in [3.63, 3.8) is 0 Å². The van der Waals surface area contributed by atoms with E-state index in [1.165, 1.54) is 32.4 Å². The van der Waals surface area contributed by atoms with Gasteiger partial charge in [-0.1, -0.05) is 18.2 Å². The van der Waals surface area contributed by atoms with E-state index in [-0.39, 0.29) is 10.5 Å². The second-order valence-electron chi connectivity index (χ2n) is 4.80. The molecule has 0 aliphatic heterocycles. The second kappa shape index (κ2) is 6.70. The molecule has 0 unspecified atom stereocenters. The fourth-order valence-electron chi connectivity index (χ4n) is 2.08. The van der Waals surface area contributed by atoms with Gasteiger partial charge in [-0.2, -0.15) is 0 Å². The third-order valence-corrected chi connectivity index (χ3v) is 4.60. The quantitative estimate of drug-likeness (QED) is 0.849. The Bertz CT molecular complexity index is 830. The number of ether oxygens (including phenoxy) is 2. The highest BCUT2D eigenvalue weighted by Gasteiger charge is 2.23. The van der Waals surface area contributed by atoms with Gasteiger partial charge in [0.05, 0.1) is 25.5 Å². The van der Waals surface area contributed by atoms with Crippen LogP contribution in [0.1, 0.15) is 15.9 Å². The fraction of sp³-hybridized carbons (Fsp3) is 0.188. The van der Waals surface area contributed by atoms with Gasteiger partial charge in [-0.15, -0.1) is 0 Å². The number of hydrogen-bond acceptors (Lipinski definition) is 5. The topological polar surface area (TPSA) is 81.7 Å². The molecule has 0 bridgehead atoms. The third-order valence-electron chi connectivity index (χ3n) is 3.18. The number of methoxy groups -OCH3 is 2. The molecule has 122 valence electrons. The molecule has 0 aliphatic rings. The summed E-state index contributed by atoms with van der Waals surface area (Å²) in [6.07, 6.45) is 0. The zero-order valence-corrected chi connectivity index (χ0v) is 13.8. The van der Waals surface area contributed by atoms with Crippen molar-refractivity contribution >= 4 is 21.7 Å². The summed E-state index contributed by atoms with van der Waals surface area (Å²) in [7, 11) is -1.33. The number of carbonyl (C=O) groups excluding carboxylic acids is 1. The van der Waals surface area contributed by atoms with Crippen molar-refractivity contribution in [2.45, 2.75) is 11.8 Å². The molecule has 0 radical (unpaired) electrons. The average molecular weight is 335 g/mol. The number of rotatable bonds is 5. The van der Waals surface area contributed by atoms with E-state index < -0.39 is 16.0 Å². The molecule has 23 heavy (non-hydrogen) atoms. The smallest absolute Gasteiger partial charge is 0.339 e. The van der Waals surface area contributed by atoms with E-state index in [0.29, 0.717) is 11.4 Å². The Labute approximate surface area is 135 Å². The number of carbonyl (C=O) groups is 1. The Kier molecular flexibility index (Phi) is 4.90. The van der Waals surface area contributed by atoms with E-state index >= 15 is 0 Å². The summed E-state index contributed by atoms with van der Waals surface area (Å²) in [6.45, 7) is 1.83. The molecule has 0 saturated heterocycles. The standard InChI is InChI=1S/C16H17NO5S/c1-11-8-9-14(21-2)13(10-11)17-23(19,20)15-7-5-4-6-12(15)16(18)22-3/h4-10,17H,1-3H3. The predicted molar refractivity (Wildman–Crippen MR) is 86.3 cm³/mol. The van der Waals surface area contributed by atoms with Gasteiger partial charge < -0.3 is 9.47 Å². The third kappa shape index (κ3) is 3.62. The molecule has 0 spiro atoms. The van der Waals surface area contributed by atoms with Gasteiger partial charge in [-0.05, 0) is 36.8 Å². The fourth-order valence-corrected chi connectivity index (χ4v) is 3.34. The zero-order chi connectivity index (χ0) is 17.0. The zero-order valence-electron chi connectivity index (χ0n) is 13.0. The van der Waals surface area contributed by atoms with Crippen LogP contribution < -0.4 is 9.46 Å². The molecule has 0 aliphatic carbocycles. The van der Waals surface area contributed by atoms with Gasteiger partial charge in [0.2, 0.25) is 0 Å². The first-order chi connectivity index (χ1) is 10.9. The molecule has 1 N–H and O–H groups in total. The van der Waals surface area contributed by atoms with Crippen LogP contribution in [0.2, 0.25) is 0 Å². The Morgan fingerprint density at radius 2 is 1.78 bits per heavy atom. The predicted octanol–water partition coefficient (Wildman–Crippen LogP) is 2.59. The molecule has 0 saturated carbocycles. The summed E-state index contributed by atoms with van der Waals surface area (Å²) < 4.78 is 37.5. The lowest BCUT2D eigenvalue weighted by Crippen LogP contribution is -2.18. The number of anilines is 1. The maximum atomic E-state index is 12.6. The monoisotopic (exact) mass is 335 g/mol. The number of esters is 1. The van der Waals surface area contributed by atoms with Crippen LogP contribution in [0.25, 0.3) is 0 Å². The maximum Gasteiger partial charge on any atom is 0.339 e. The summed E-state index contributed by atoms with van der Waals surface area (Å²) in [5, 5.41) is 0. The van der Waals surface area contributed by atoms with Crippen LogP contribution >= 0.6 is 0 Å². The molecule has 6 nitrogen and oxygen atoms in total. The van der Waals surface area contributed by atoms with Crippen LogP contribution in [-0.2, 0) is 14.8 Å². The summed E-state index contributed by atoms with van der Waals surface area (Å²) >= 11 is 0. The summed E-state index contributed by atoms with van der Waals surface area (Å²) in [6, 6.07) is 11.0. The number of hydrogen-bond donors (Lipinski definition) is 1. The van der Waals surface area contributed by atoms with Gasteiger partial charge in [0, 0.05) is 0 Å². The van der Waals surface area contributed by atoms with Gasteiger partial charge in [0.25, 0.3) is 10.0 Å². The highest BCUT2D eigenvalue weighted by atomic mass is 32.2. The molecule has 2 rings (SSSR count). The molecule has 7 heteroatoms. The number of aryl methyl sites for hydroxylation is 1. The van der Waals surface area contributed by atoms with Crippen molar-refractivity contribution < 1.29 is 22.7 Å².